The average molecular weight is 351 g/mol. The van der Waals surface area contributed by atoms with E-state index in [-0.39, 0.29) is 0 Å². The minimum absolute atomic E-state index is 0.334. The fourth-order valence-electron chi connectivity index (χ4n) is 3.56. The van der Waals surface area contributed by atoms with Crippen LogP contribution in [0.25, 0.3) is 0 Å². The van der Waals surface area contributed by atoms with Crippen LogP contribution >= 0.6 is 0 Å². The van der Waals surface area contributed by atoms with Gasteiger partial charge in [-0.05, 0) is 37.1 Å². The maximum absolute atomic E-state index is 5.81. The van der Waals surface area contributed by atoms with Crippen molar-refractivity contribution < 1.29 is 9.47 Å². The third kappa shape index (κ3) is 3.74. The monoisotopic (exact) mass is 351 g/mol. The zero-order valence-corrected chi connectivity index (χ0v) is 15.2. The van der Waals surface area contributed by atoms with E-state index in [1.807, 2.05) is 18.2 Å². The molecule has 2 aromatic carbocycles. The predicted octanol–water partition coefficient (Wildman–Crippen LogP) is 3.36. The highest BCUT2D eigenvalue weighted by atomic mass is 16.5. The van der Waals surface area contributed by atoms with Gasteiger partial charge in [0.1, 0.15) is 11.6 Å². The van der Waals surface area contributed by atoms with Gasteiger partial charge in [0.15, 0.2) is 0 Å². The highest BCUT2D eigenvalue weighted by Crippen LogP contribution is 2.25. The Morgan fingerprint density at radius 2 is 1.92 bits per heavy atom. The van der Waals surface area contributed by atoms with E-state index in [0.717, 1.165) is 49.1 Å². The number of benzene rings is 2. The van der Waals surface area contributed by atoms with E-state index in [9.17, 15) is 0 Å². The Morgan fingerprint density at radius 3 is 2.62 bits per heavy atom. The van der Waals surface area contributed by atoms with E-state index in [1.54, 1.807) is 7.11 Å². The Morgan fingerprint density at radius 1 is 1.12 bits per heavy atom. The largest absolute Gasteiger partial charge is 0.497 e. The highest BCUT2D eigenvalue weighted by molar-refractivity contribution is 6.10. The lowest BCUT2D eigenvalue weighted by molar-refractivity contribution is 0.0739. The van der Waals surface area contributed by atoms with Crippen LogP contribution in [0.3, 0.4) is 0 Å². The fourth-order valence-corrected chi connectivity index (χ4v) is 3.56. The summed E-state index contributed by atoms with van der Waals surface area (Å²) in [5.41, 5.74) is 2.26. The van der Waals surface area contributed by atoms with E-state index >= 15 is 0 Å². The second-order valence-electron chi connectivity index (χ2n) is 6.75. The van der Waals surface area contributed by atoms with Crippen LogP contribution < -0.4 is 9.64 Å². The predicted molar refractivity (Wildman–Crippen MR) is 104 cm³/mol. The van der Waals surface area contributed by atoms with Crippen molar-refractivity contribution in [3.8, 4) is 5.75 Å². The van der Waals surface area contributed by atoms with Gasteiger partial charge in [0.25, 0.3) is 0 Å². The zero-order valence-electron chi connectivity index (χ0n) is 15.2. The quantitative estimate of drug-likeness (QED) is 0.828. The number of anilines is 1. The second kappa shape index (κ2) is 7.89. The Labute approximate surface area is 154 Å². The molecule has 0 amide bonds. The molecule has 0 bridgehead atoms. The number of amidine groups is 1. The van der Waals surface area contributed by atoms with E-state index in [1.165, 1.54) is 6.42 Å². The van der Waals surface area contributed by atoms with Crippen LogP contribution in [0.5, 0.6) is 5.75 Å². The molecule has 0 spiro atoms. The summed E-state index contributed by atoms with van der Waals surface area (Å²) in [5.74, 6) is 1.87. The molecule has 4 rings (SSSR count). The third-order valence-electron chi connectivity index (χ3n) is 4.92. The standard InChI is InChI=1S/C21H25N3O2/c1-25-19-11-9-18(10-12-19)24-16-23(14-20-8-5-13-26-20)15-22-21(24)17-6-3-2-4-7-17/h2-4,6-7,9-12,20H,5,8,13-16H2,1H3/t20-/m0/s1. The summed E-state index contributed by atoms with van der Waals surface area (Å²) < 4.78 is 11.1. The first kappa shape index (κ1) is 17.1. The van der Waals surface area contributed by atoms with Crippen molar-refractivity contribution in [1.82, 2.24) is 4.90 Å². The SMILES string of the molecule is COc1ccc(N2CN(C[C@@H]3CCCO3)CN=C2c2ccccc2)cc1. The number of ether oxygens (including phenoxy) is 2. The summed E-state index contributed by atoms with van der Waals surface area (Å²) in [6.07, 6.45) is 2.65. The number of hydrogen-bond donors (Lipinski definition) is 0. The molecule has 2 aliphatic heterocycles. The molecule has 26 heavy (non-hydrogen) atoms. The van der Waals surface area contributed by atoms with Crippen LogP contribution in [0.15, 0.2) is 59.6 Å². The Hall–Kier alpha value is -2.37. The molecule has 2 heterocycles. The molecule has 0 unspecified atom stereocenters. The summed E-state index contributed by atoms with van der Waals surface area (Å²) in [7, 11) is 1.69. The lowest BCUT2D eigenvalue weighted by Crippen LogP contribution is -2.48. The van der Waals surface area contributed by atoms with Crippen molar-refractivity contribution in [3.63, 3.8) is 0 Å². The smallest absolute Gasteiger partial charge is 0.137 e. The number of rotatable bonds is 5. The Balaban J connectivity index is 1.60. The maximum atomic E-state index is 5.81. The summed E-state index contributed by atoms with van der Waals surface area (Å²) in [5, 5.41) is 0. The van der Waals surface area contributed by atoms with Gasteiger partial charge >= 0.3 is 0 Å². The third-order valence-corrected chi connectivity index (χ3v) is 4.92. The van der Waals surface area contributed by atoms with Crippen molar-refractivity contribution in [2.75, 3.05) is 38.5 Å². The second-order valence-corrected chi connectivity index (χ2v) is 6.75. The van der Waals surface area contributed by atoms with Crippen LogP contribution in [0.4, 0.5) is 5.69 Å². The van der Waals surface area contributed by atoms with E-state index in [2.05, 4.69) is 46.2 Å². The summed E-state index contributed by atoms with van der Waals surface area (Å²) in [6.45, 7) is 3.33. The molecule has 1 fully saturated rings. The van der Waals surface area contributed by atoms with Crippen molar-refractivity contribution in [2.45, 2.75) is 18.9 Å². The summed E-state index contributed by atoms with van der Waals surface area (Å²) in [4.78, 5) is 9.53. The first-order valence-electron chi connectivity index (χ1n) is 9.19. The lowest BCUT2D eigenvalue weighted by Gasteiger charge is -2.37. The average Bonchev–Trinajstić information content (AvgIpc) is 3.22. The highest BCUT2D eigenvalue weighted by Gasteiger charge is 2.26. The van der Waals surface area contributed by atoms with Crippen molar-refractivity contribution in [1.29, 1.82) is 0 Å². The molecule has 5 heteroatoms. The minimum Gasteiger partial charge on any atom is -0.497 e. The number of nitrogens with zero attached hydrogens (tertiary/aromatic N) is 3. The Kier molecular flexibility index (Phi) is 5.18. The van der Waals surface area contributed by atoms with Crippen LogP contribution in [-0.4, -0.2) is 50.4 Å². The molecule has 2 aromatic rings. The molecule has 1 atom stereocenters. The molecule has 0 aliphatic carbocycles. The van der Waals surface area contributed by atoms with Crippen LogP contribution in [0.1, 0.15) is 18.4 Å². The number of methoxy groups -OCH3 is 1. The minimum atomic E-state index is 0.334. The molecule has 2 aliphatic rings. The van der Waals surface area contributed by atoms with Gasteiger partial charge in [-0.15, -0.1) is 0 Å². The van der Waals surface area contributed by atoms with E-state index in [4.69, 9.17) is 14.5 Å². The van der Waals surface area contributed by atoms with Gasteiger partial charge in [0.2, 0.25) is 0 Å². The van der Waals surface area contributed by atoms with E-state index in [0.29, 0.717) is 12.8 Å². The van der Waals surface area contributed by atoms with Crippen molar-refractivity contribution >= 4 is 11.5 Å². The van der Waals surface area contributed by atoms with E-state index < -0.39 is 0 Å². The fraction of sp³-hybridized carbons (Fsp3) is 0.381. The van der Waals surface area contributed by atoms with Crippen LogP contribution in [0.2, 0.25) is 0 Å². The molecule has 0 saturated carbocycles. The Bertz CT molecular complexity index is 740. The van der Waals surface area contributed by atoms with Gasteiger partial charge in [-0.2, -0.15) is 0 Å². The molecule has 0 aromatic heterocycles. The van der Waals surface area contributed by atoms with Gasteiger partial charge in [-0.1, -0.05) is 30.3 Å². The van der Waals surface area contributed by atoms with Gasteiger partial charge in [0, 0.05) is 24.4 Å². The molecule has 1 saturated heterocycles. The van der Waals surface area contributed by atoms with Gasteiger partial charge in [0.05, 0.1) is 26.6 Å². The summed E-state index contributed by atoms with van der Waals surface area (Å²) in [6, 6.07) is 18.6. The first-order valence-corrected chi connectivity index (χ1v) is 9.19. The number of hydrogen-bond acceptors (Lipinski definition) is 5. The normalized spacial score (nSPS) is 20.9. The molecule has 5 nitrogen and oxygen atoms in total. The van der Waals surface area contributed by atoms with Gasteiger partial charge < -0.3 is 14.4 Å². The zero-order chi connectivity index (χ0) is 17.8. The van der Waals surface area contributed by atoms with Gasteiger partial charge in [-0.3, -0.25) is 9.89 Å². The molecular formula is C21H25N3O2. The molecule has 136 valence electrons. The summed E-state index contributed by atoms with van der Waals surface area (Å²) >= 11 is 0. The van der Waals surface area contributed by atoms with Gasteiger partial charge in [-0.25, -0.2) is 0 Å². The first-order chi connectivity index (χ1) is 12.8. The van der Waals surface area contributed by atoms with Crippen LogP contribution in [0, 0.1) is 0 Å². The number of aliphatic imine (C=N–C) groups is 1. The van der Waals surface area contributed by atoms with Crippen LogP contribution in [-0.2, 0) is 4.74 Å². The maximum Gasteiger partial charge on any atom is 0.137 e. The molecule has 0 N–H and O–H groups in total. The molecular weight excluding hydrogens is 326 g/mol. The van der Waals surface area contributed by atoms with Crippen molar-refractivity contribution in [3.05, 3.63) is 60.2 Å². The lowest BCUT2D eigenvalue weighted by atomic mass is 10.1. The van der Waals surface area contributed by atoms with Crippen molar-refractivity contribution in [2.24, 2.45) is 4.99 Å². The molecule has 0 radical (unpaired) electrons. The topological polar surface area (TPSA) is 37.3 Å².